The fourth-order valence-electron chi connectivity index (χ4n) is 2.76. The molecule has 0 fully saturated rings. The molecule has 0 atom stereocenters. The van der Waals surface area contributed by atoms with Crippen LogP contribution in [0, 0.1) is 0 Å². The third kappa shape index (κ3) is 3.18. The zero-order chi connectivity index (χ0) is 16.6. The second-order valence-electron chi connectivity index (χ2n) is 6.32. The number of hydrogen-bond donors (Lipinski definition) is 0. The molecule has 2 aromatic carbocycles. The molecule has 3 rings (SSSR count). The van der Waals surface area contributed by atoms with Gasteiger partial charge in [-0.05, 0) is 12.1 Å². The zero-order valence-corrected chi connectivity index (χ0v) is 16.3. The standard InChI is InChI=1S/C19H20NO3.HI/c1-20(2,3)17-18(21)16-14(22-4)11-8-12-15(16)23-19(17)13-9-6-5-7-10-13;/h5-12H,1-4H3;1H/q+1;/p-1. The van der Waals surface area contributed by atoms with E-state index in [1.54, 1.807) is 19.2 Å². The average Bonchev–Trinajstić information content (AvgIpc) is 2.53. The maximum Gasteiger partial charge on any atom is 0.257 e. The van der Waals surface area contributed by atoms with E-state index in [-0.39, 0.29) is 29.4 Å². The van der Waals surface area contributed by atoms with Gasteiger partial charge in [-0.3, -0.25) is 9.28 Å². The number of ether oxygens (including phenoxy) is 1. The minimum atomic E-state index is -0.0601. The lowest BCUT2D eigenvalue weighted by molar-refractivity contribution is -0.00000572. The Bertz CT molecular complexity index is 912. The normalized spacial score (nSPS) is 11.2. The molecule has 3 aromatic rings. The van der Waals surface area contributed by atoms with Crippen molar-refractivity contribution in [2.45, 2.75) is 0 Å². The van der Waals surface area contributed by atoms with Crippen molar-refractivity contribution in [1.29, 1.82) is 0 Å². The third-order valence-corrected chi connectivity index (χ3v) is 3.78. The van der Waals surface area contributed by atoms with E-state index in [1.807, 2.05) is 57.5 Å². The Kier molecular flexibility index (Phi) is 5.35. The quantitative estimate of drug-likeness (QED) is 0.447. The molecule has 0 amide bonds. The summed E-state index contributed by atoms with van der Waals surface area (Å²) < 4.78 is 11.8. The van der Waals surface area contributed by atoms with E-state index < -0.39 is 0 Å². The van der Waals surface area contributed by atoms with Gasteiger partial charge in [0.1, 0.15) is 16.7 Å². The van der Waals surface area contributed by atoms with Gasteiger partial charge in [0.05, 0.1) is 28.3 Å². The minimum absolute atomic E-state index is 0. The van der Waals surface area contributed by atoms with Gasteiger partial charge in [-0.15, -0.1) is 0 Å². The molecule has 4 nitrogen and oxygen atoms in total. The maximum absolute atomic E-state index is 13.2. The Balaban J connectivity index is 0.00000208. The van der Waals surface area contributed by atoms with E-state index in [0.717, 1.165) is 5.56 Å². The van der Waals surface area contributed by atoms with Crippen LogP contribution in [0.1, 0.15) is 0 Å². The van der Waals surface area contributed by atoms with Crippen LogP contribution >= 0.6 is 0 Å². The summed E-state index contributed by atoms with van der Waals surface area (Å²) in [5.74, 6) is 1.13. The van der Waals surface area contributed by atoms with Crippen LogP contribution < -0.4 is 38.6 Å². The monoisotopic (exact) mass is 437 g/mol. The van der Waals surface area contributed by atoms with Gasteiger partial charge in [0, 0.05) is 5.56 Å². The van der Waals surface area contributed by atoms with Gasteiger partial charge in [-0.1, -0.05) is 36.4 Å². The van der Waals surface area contributed by atoms with Crippen molar-refractivity contribution in [3.8, 4) is 17.1 Å². The van der Waals surface area contributed by atoms with E-state index in [2.05, 4.69) is 0 Å². The number of rotatable bonds is 3. The average molecular weight is 437 g/mol. The molecule has 0 radical (unpaired) electrons. The van der Waals surface area contributed by atoms with Gasteiger partial charge < -0.3 is 33.1 Å². The third-order valence-electron chi connectivity index (χ3n) is 3.78. The summed E-state index contributed by atoms with van der Waals surface area (Å²) in [6, 6.07) is 15.1. The van der Waals surface area contributed by atoms with Crippen LogP contribution in [0.4, 0.5) is 5.69 Å². The van der Waals surface area contributed by atoms with Crippen molar-refractivity contribution < 1.29 is 33.1 Å². The highest BCUT2D eigenvalue weighted by molar-refractivity contribution is 5.89. The molecular weight excluding hydrogens is 417 g/mol. The van der Waals surface area contributed by atoms with Gasteiger partial charge in [0.15, 0.2) is 5.76 Å². The fourth-order valence-corrected chi connectivity index (χ4v) is 2.76. The SMILES string of the molecule is COc1cccc2oc(-c3ccccc3)c([N+](C)(C)C)c(=O)c12.[I-]. The molecule has 24 heavy (non-hydrogen) atoms. The molecule has 0 aliphatic carbocycles. The first-order valence-electron chi connectivity index (χ1n) is 7.44. The number of quaternary nitrogens is 1. The van der Waals surface area contributed by atoms with E-state index in [9.17, 15) is 4.79 Å². The molecule has 0 N–H and O–H groups in total. The highest BCUT2D eigenvalue weighted by atomic mass is 127. The Morgan fingerprint density at radius 3 is 2.21 bits per heavy atom. The van der Waals surface area contributed by atoms with E-state index in [4.69, 9.17) is 9.15 Å². The van der Waals surface area contributed by atoms with Crippen molar-refractivity contribution in [3.63, 3.8) is 0 Å². The van der Waals surface area contributed by atoms with E-state index in [0.29, 0.717) is 32.6 Å². The van der Waals surface area contributed by atoms with Crippen LogP contribution in [0.2, 0.25) is 0 Å². The number of nitrogens with zero attached hydrogens (tertiary/aromatic N) is 1. The van der Waals surface area contributed by atoms with Gasteiger partial charge >= 0.3 is 0 Å². The molecule has 1 heterocycles. The molecule has 0 spiro atoms. The van der Waals surface area contributed by atoms with Gasteiger partial charge in [-0.2, -0.15) is 0 Å². The summed E-state index contributed by atoms with van der Waals surface area (Å²) in [5, 5.41) is 0.484. The van der Waals surface area contributed by atoms with Gasteiger partial charge in [0.2, 0.25) is 5.69 Å². The Labute approximate surface area is 158 Å². The summed E-state index contributed by atoms with van der Waals surface area (Å²) >= 11 is 0. The molecule has 0 saturated heterocycles. The van der Waals surface area contributed by atoms with Crippen molar-refractivity contribution in [2.75, 3.05) is 28.3 Å². The number of fused-ring (bicyclic) bond motifs is 1. The second kappa shape index (κ2) is 6.94. The van der Waals surface area contributed by atoms with Crippen molar-refractivity contribution in [1.82, 2.24) is 4.48 Å². The molecule has 0 aliphatic heterocycles. The molecule has 5 heteroatoms. The first-order valence-corrected chi connectivity index (χ1v) is 7.44. The van der Waals surface area contributed by atoms with Crippen LogP contribution in [0.25, 0.3) is 22.3 Å². The molecule has 0 unspecified atom stereocenters. The predicted molar refractivity (Wildman–Crippen MR) is 94.0 cm³/mol. The first kappa shape index (κ1) is 18.5. The number of hydrogen-bond acceptors (Lipinski definition) is 3. The van der Waals surface area contributed by atoms with Crippen LogP contribution in [0.3, 0.4) is 0 Å². The van der Waals surface area contributed by atoms with Crippen molar-refractivity contribution >= 4 is 16.7 Å². The van der Waals surface area contributed by atoms with Gasteiger partial charge in [-0.25, -0.2) is 0 Å². The molecule has 0 aliphatic rings. The van der Waals surface area contributed by atoms with Crippen molar-refractivity contribution in [2.24, 2.45) is 0 Å². The maximum atomic E-state index is 13.2. The predicted octanol–water partition coefficient (Wildman–Crippen LogP) is 0.669. The lowest BCUT2D eigenvalue weighted by atomic mass is 10.1. The molecular formula is C19H20INO3. The Morgan fingerprint density at radius 1 is 0.958 bits per heavy atom. The largest absolute Gasteiger partial charge is 1.00 e. The summed E-state index contributed by atoms with van der Waals surface area (Å²) in [6.45, 7) is 0. The number of benzene rings is 2. The smallest absolute Gasteiger partial charge is 0.257 e. The summed E-state index contributed by atoms with van der Waals surface area (Å²) in [7, 11) is 7.44. The first-order chi connectivity index (χ1) is 10.9. The minimum Gasteiger partial charge on any atom is -1.00 e. The van der Waals surface area contributed by atoms with Crippen molar-refractivity contribution in [3.05, 3.63) is 58.8 Å². The molecule has 0 saturated carbocycles. The van der Waals surface area contributed by atoms with Crippen LogP contribution in [0.5, 0.6) is 5.75 Å². The lowest BCUT2D eigenvalue weighted by Gasteiger charge is -2.24. The van der Waals surface area contributed by atoms with E-state index in [1.165, 1.54) is 0 Å². The van der Waals surface area contributed by atoms with Crippen LogP contribution in [-0.2, 0) is 0 Å². The summed E-state index contributed by atoms with van der Waals surface area (Å²) in [6.07, 6.45) is 0. The molecule has 0 bridgehead atoms. The van der Waals surface area contributed by atoms with Crippen LogP contribution in [-0.4, -0.2) is 28.3 Å². The van der Waals surface area contributed by atoms with Crippen LogP contribution in [0.15, 0.2) is 57.7 Å². The number of methoxy groups -OCH3 is 1. The molecule has 1 aromatic heterocycles. The van der Waals surface area contributed by atoms with Gasteiger partial charge in [0.25, 0.3) is 5.43 Å². The van der Waals surface area contributed by atoms with E-state index >= 15 is 0 Å². The Morgan fingerprint density at radius 2 is 1.62 bits per heavy atom. The number of halogens is 1. The topological polar surface area (TPSA) is 39.4 Å². The molecule has 126 valence electrons. The second-order valence-corrected chi connectivity index (χ2v) is 6.32. The zero-order valence-electron chi connectivity index (χ0n) is 14.2. The summed E-state index contributed by atoms with van der Waals surface area (Å²) in [5.41, 5.74) is 1.96. The highest BCUT2D eigenvalue weighted by Gasteiger charge is 2.28. The lowest BCUT2D eigenvalue weighted by Crippen LogP contribution is -3.00. The summed E-state index contributed by atoms with van der Waals surface area (Å²) in [4.78, 5) is 13.2. The fraction of sp³-hybridized carbons (Fsp3) is 0.211. The Hall–Kier alpha value is -1.86. The highest BCUT2D eigenvalue weighted by Crippen LogP contribution is 2.35.